The zero-order valence-electron chi connectivity index (χ0n) is 11.8. The summed E-state index contributed by atoms with van der Waals surface area (Å²) in [5.74, 6) is 8.62. The van der Waals surface area contributed by atoms with Gasteiger partial charge in [0, 0.05) is 6.04 Å². The first-order valence-corrected chi connectivity index (χ1v) is 6.77. The monoisotopic (exact) mass is 265 g/mol. The fourth-order valence-corrected chi connectivity index (χ4v) is 2.83. The van der Waals surface area contributed by atoms with E-state index in [0.717, 1.165) is 12.3 Å². The number of ether oxygens (including phenoxy) is 1. The van der Waals surface area contributed by atoms with Crippen LogP contribution < -0.4 is 21.3 Å². The lowest BCUT2D eigenvalue weighted by atomic mass is 9.80. The lowest BCUT2D eigenvalue weighted by Gasteiger charge is -2.33. The summed E-state index contributed by atoms with van der Waals surface area (Å²) < 4.78 is 5.34. The molecule has 1 aliphatic rings. The number of hydrogen-bond donors (Lipinski definition) is 3. The van der Waals surface area contributed by atoms with E-state index in [9.17, 15) is 0 Å². The molecule has 0 radical (unpaired) electrons. The molecule has 106 valence electrons. The SMILES string of the molecule is COc1c(NN)ncnc1NC1CCC(C)CC1C. The van der Waals surface area contributed by atoms with Gasteiger partial charge in [0.2, 0.25) is 5.75 Å². The van der Waals surface area contributed by atoms with Gasteiger partial charge in [0.1, 0.15) is 6.33 Å². The van der Waals surface area contributed by atoms with Crippen LogP contribution in [-0.2, 0) is 0 Å². The third kappa shape index (κ3) is 3.07. The number of nitrogens with one attached hydrogen (secondary N) is 2. The van der Waals surface area contributed by atoms with Gasteiger partial charge >= 0.3 is 0 Å². The summed E-state index contributed by atoms with van der Waals surface area (Å²) in [6.45, 7) is 4.59. The van der Waals surface area contributed by atoms with Crippen LogP contribution in [0.5, 0.6) is 5.75 Å². The van der Waals surface area contributed by atoms with E-state index in [1.165, 1.54) is 19.2 Å². The van der Waals surface area contributed by atoms with E-state index in [0.29, 0.717) is 29.3 Å². The van der Waals surface area contributed by atoms with E-state index in [-0.39, 0.29) is 0 Å². The number of nitrogens with zero attached hydrogens (tertiary/aromatic N) is 2. The lowest BCUT2D eigenvalue weighted by molar-refractivity contribution is 0.275. The van der Waals surface area contributed by atoms with Crippen molar-refractivity contribution in [3.05, 3.63) is 6.33 Å². The van der Waals surface area contributed by atoms with Crippen LogP contribution in [0.3, 0.4) is 0 Å². The van der Waals surface area contributed by atoms with Crippen LogP contribution in [0.1, 0.15) is 33.1 Å². The lowest BCUT2D eigenvalue weighted by Crippen LogP contribution is -2.33. The minimum absolute atomic E-state index is 0.422. The molecule has 3 unspecified atom stereocenters. The normalized spacial score (nSPS) is 26.8. The molecule has 1 aromatic heterocycles. The van der Waals surface area contributed by atoms with E-state index >= 15 is 0 Å². The maximum atomic E-state index is 5.43. The van der Waals surface area contributed by atoms with Crippen LogP contribution >= 0.6 is 0 Å². The van der Waals surface area contributed by atoms with E-state index in [4.69, 9.17) is 10.6 Å². The second-order valence-electron chi connectivity index (χ2n) is 5.39. The highest BCUT2D eigenvalue weighted by Crippen LogP contribution is 2.34. The summed E-state index contributed by atoms with van der Waals surface area (Å²) in [6.07, 6.45) is 5.13. The van der Waals surface area contributed by atoms with Gasteiger partial charge in [-0.1, -0.05) is 13.8 Å². The number of nitrogens with two attached hydrogens (primary N) is 1. The number of hydrogen-bond acceptors (Lipinski definition) is 6. The molecule has 2 rings (SSSR count). The minimum Gasteiger partial charge on any atom is -0.490 e. The molecule has 19 heavy (non-hydrogen) atoms. The Kier molecular flexibility index (Phi) is 4.42. The highest BCUT2D eigenvalue weighted by atomic mass is 16.5. The van der Waals surface area contributed by atoms with Crippen LogP contribution in [0.25, 0.3) is 0 Å². The van der Waals surface area contributed by atoms with Crippen molar-refractivity contribution in [2.75, 3.05) is 17.9 Å². The molecule has 1 fully saturated rings. The Morgan fingerprint density at radius 1 is 1.26 bits per heavy atom. The number of methoxy groups -OCH3 is 1. The predicted molar refractivity (Wildman–Crippen MR) is 76.0 cm³/mol. The van der Waals surface area contributed by atoms with Gasteiger partial charge < -0.3 is 15.5 Å². The van der Waals surface area contributed by atoms with E-state index in [2.05, 4.69) is 34.6 Å². The summed E-state index contributed by atoms with van der Waals surface area (Å²) in [5.41, 5.74) is 2.53. The smallest absolute Gasteiger partial charge is 0.205 e. The summed E-state index contributed by atoms with van der Waals surface area (Å²) in [4.78, 5) is 8.30. The molecule has 3 atom stereocenters. The topological polar surface area (TPSA) is 85.1 Å². The van der Waals surface area contributed by atoms with E-state index < -0.39 is 0 Å². The van der Waals surface area contributed by atoms with Crippen molar-refractivity contribution in [2.24, 2.45) is 17.7 Å². The van der Waals surface area contributed by atoms with Gasteiger partial charge in [-0.3, -0.25) is 0 Å². The fraction of sp³-hybridized carbons (Fsp3) is 0.692. The van der Waals surface area contributed by atoms with Gasteiger partial charge in [-0.15, -0.1) is 0 Å². The second kappa shape index (κ2) is 6.06. The molecule has 1 aliphatic carbocycles. The molecule has 1 aromatic rings. The Labute approximate surface area is 114 Å². The third-order valence-corrected chi connectivity index (χ3v) is 3.90. The molecule has 0 bridgehead atoms. The third-order valence-electron chi connectivity index (χ3n) is 3.90. The van der Waals surface area contributed by atoms with Crippen LogP contribution in [0.2, 0.25) is 0 Å². The summed E-state index contributed by atoms with van der Waals surface area (Å²) in [6, 6.07) is 0.422. The van der Waals surface area contributed by atoms with Crippen LogP contribution in [0, 0.1) is 11.8 Å². The fourth-order valence-electron chi connectivity index (χ4n) is 2.83. The number of hydrazine groups is 1. The molecule has 0 spiro atoms. The van der Waals surface area contributed by atoms with Crippen LogP contribution in [-0.4, -0.2) is 23.1 Å². The minimum atomic E-state index is 0.422. The number of nitrogen functional groups attached to an aromatic ring is 1. The van der Waals surface area contributed by atoms with Crippen molar-refractivity contribution in [1.29, 1.82) is 0 Å². The van der Waals surface area contributed by atoms with Gasteiger partial charge in [-0.25, -0.2) is 15.8 Å². The van der Waals surface area contributed by atoms with Gasteiger partial charge in [-0.2, -0.15) is 0 Å². The van der Waals surface area contributed by atoms with E-state index in [1.807, 2.05) is 0 Å². The number of aromatic nitrogens is 2. The van der Waals surface area contributed by atoms with Gasteiger partial charge in [0.25, 0.3) is 0 Å². The molecule has 1 saturated carbocycles. The zero-order valence-corrected chi connectivity index (χ0v) is 11.8. The first kappa shape index (κ1) is 13.9. The molecule has 6 heteroatoms. The van der Waals surface area contributed by atoms with Crippen molar-refractivity contribution >= 4 is 11.6 Å². The maximum absolute atomic E-state index is 5.43. The van der Waals surface area contributed by atoms with Gasteiger partial charge in [-0.05, 0) is 31.1 Å². The molecule has 0 aliphatic heterocycles. The number of anilines is 2. The Balaban J connectivity index is 2.14. The molecule has 0 amide bonds. The first-order chi connectivity index (χ1) is 9.15. The second-order valence-corrected chi connectivity index (χ2v) is 5.39. The Morgan fingerprint density at radius 2 is 2.00 bits per heavy atom. The van der Waals surface area contributed by atoms with E-state index in [1.54, 1.807) is 7.11 Å². The molecule has 0 saturated heterocycles. The summed E-state index contributed by atoms with van der Waals surface area (Å²) >= 11 is 0. The average Bonchev–Trinajstić information content (AvgIpc) is 2.41. The molecular formula is C13H23N5O. The van der Waals surface area contributed by atoms with Crippen molar-refractivity contribution in [3.63, 3.8) is 0 Å². The number of rotatable bonds is 4. The first-order valence-electron chi connectivity index (χ1n) is 6.77. The molecule has 0 aromatic carbocycles. The summed E-state index contributed by atoms with van der Waals surface area (Å²) in [5, 5.41) is 3.47. The van der Waals surface area contributed by atoms with Crippen molar-refractivity contribution in [3.8, 4) is 5.75 Å². The highest BCUT2D eigenvalue weighted by Gasteiger charge is 2.26. The molecule has 4 N–H and O–H groups in total. The van der Waals surface area contributed by atoms with Crippen LogP contribution in [0.4, 0.5) is 11.6 Å². The summed E-state index contributed by atoms with van der Waals surface area (Å²) in [7, 11) is 1.59. The predicted octanol–water partition coefficient (Wildman–Crippen LogP) is 2.01. The maximum Gasteiger partial charge on any atom is 0.205 e. The molecule has 1 heterocycles. The quantitative estimate of drug-likeness (QED) is 0.570. The Hall–Kier alpha value is -1.56. The Bertz CT molecular complexity index is 425. The van der Waals surface area contributed by atoms with Crippen LogP contribution in [0.15, 0.2) is 6.33 Å². The van der Waals surface area contributed by atoms with Gasteiger partial charge in [0.05, 0.1) is 7.11 Å². The molecule has 6 nitrogen and oxygen atoms in total. The van der Waals surface area contributed by atoms with Crippen molar-refractivity contribution < 1.29 is 4.74 Å². The molecular weight excluding hydrogens is 242 g/mol. The zero-order chi connectivity index (χ0) is 13.8. The highest BCUT2D eigenvalue weighted by molar-refractivity contribution is 5.63. The van der Waals surface area contributed by atoms with Crippen molar-refractivity contribution in [1.82, 2.24) is 9.97 Å². The largest absolute Gasteiger partial charge is 0.490 e. The van der Waals surface area contributed by atoms with Gasteiger partial charge in [0.15, 0.2) is 11.6 Å². The standard InChI is InChI=1S/C13H23N5O/c1-8-4-5-10(9(2)6-8)17-12-11(19-3)13(18-14)16-7-15-12/h7-10H,4-6,14H2,1-3H3,(H2,15,16,17,18). The van der Waals surface area contributed by atoms with Crippen molar-refractivity contribution in [2.45, 2.75) is 39.2 Å². The average molecular weight is 265 g/mol. The Morgan fingerprint density at radius 3 is 2.63 bits per heavy atom.